The summed E-state index contributed by atoms with van der Waals surface area (Å²) < 4.78 is 0. The van der Waals surface area contributed by atoms with Crippen LogP contribution in [0.1, 0.15) is 42.5 Å². The molecule has 1 heterocycles. The molecule has 0 spiro atoms. The van der Waals surface area contributed by atoms with Gasteiger partial charge in [0, 0.05) is 18.9 Å². The molecular weight excluding hydrogens is 228 g/mol. The van der Waals surface area contributed by atoms with E-state index >= 15 is 0 Å². The smallest absolute Gasteiger partial charge is 0.339 e. The van der Waals surface area contributed by atoms with Crippen LogP contribution in [-0.2, 0) is 0 Å². The summed E-state index contributed by atoms with van der Waals surface area (Å²) in [7, 11) is 0. The van der Waals surface area contributed by atoms with Crippen LogP contribution in [0.5, 0.6) is 0 Å². The van der Waals surface area contributed by atoms with E-state index in [-0.39, 0.29) is 5.56 Å². The fourth-order valence-electron chi connectivity index (χ4n) is 2.21. The molecule has 1 aliphatic carbocycles. The van der Waals surface area contributed by atoms with Crippen LogP contribution in [0.2, 0.25) is 0 Å². The van der Waals surface area contributed by atoms with Crippen molar-refractivity contribution < 1.29 is 9.90 Å². The van der Waals surface area contributed by atoms with Gasteiger partial charge in [-0.2, -0.15) is 0 Å². The molecule has 0 saturated carbocycles. The van der Waals surface area contributed by atoms with E-state index in [2.05, 4.69) is 16.4 Å². The topological polar surface area (TPSA) is 62.2 Å². The molecular formula is C14H18N2O2. The van der Waals surface area contributed by atoms with Crippen molar-refractivity contribution in [3.05, 3.63) is 35.7 Å². The lowest BCUT2D eigenvalue weighted by Crippen LogP contribution is -2.09. The Bertz CT molecular complexity index is 455. The van der Waals surface area contributed by atoms with Gasteiger partial charge in [-0.15, -0.1) is 0 Å². The van der Waals surface area contributed by atoms with Gasteiger partial charge in [-0.3, -0.25) is 4.98 Å². The molecule has 0 unspecified atom stereocenters. The zero-order chi connectivity index (χ0) is 12.8. The Morgan fingerprint density at radius 2 is 2.33 bits per heavy atom. The van der Waals surface area contributed by atoms with E-state index in [0.717, 1.165) is 13.0 Å². The lowest BCUT2D eigenvalue weighted by molar-refractivity contribution is 0.0697. The maximum atomic E-state index is 11.0. The van der Waals surface area contributed by atoms with E-state index < -0.39 is 5.97 Å². The van der Waals surface area contributed by atoms with Crippen LogP contribution in [-0.4, -0.2) is 22.6 Å². The normalized spacial score (nSPS) is 15.0. The van der Waals surface area contributed by atoms with Crippen LogP contribution in [0.15, 0.2) is 30.1 Å². The summed E-state index contributed by atoms with van der Waals surface area (Å²) in [5, 5.41) is 12.2. The molecule has 96 valence electrons. The Hall–Kier alpha value is -1.84. The third-order valence-corrected chi connectivity index (χ3v) is 3.20. The van der Waals surface area contributed by atoms with Gasteiger partial charge < -0.3 is 10.4 Å². The third-order valence-electron chi connectivity index (χ3n) is 3.20. The second-order valence-corrected chi connectivity index (χ2v) is 4.51. The molecule has 4 nitrogen and oxygen atoms in total. The molecule has 0 aromatic carbocycles. The summed E-state index contributed by atoms with van der Waals surface area (Å²) >= 11 is 0. The van der Waals surface area contributed by atoms with E-state index in [9.17, 15) is 4.79 Å². The first kappa shape index (κ1) is 12.6. The number of allylic oxidation sites excluding steroid dienone is 1. The van der Waals surface area contributed by atoms with E-state index in [0.29, 0.717) is 5.69 Å². The number of anilines is 1. The SMILES string of the molecule is O=C(O)c1cnccc1NCCC1=CCCCC1. The Morgan fingerprint density at radius 3 is 3.06 bits per heavy atom. The van der Waals surface area contributed by atoms with Crippen molar-refractivity contribution >= 4 is 11.7 Å². The van der Waals surface area contributed by atoms with Crippen LogP contribution in [0.3, 0.4) is 0 Å². The predicted octanol–water partition coefficient (Wildman–Crippen LogP) is 3.08. The Labute approximate surface area is 107 Å². The Kier molecular flexibility index (Phi) is 4.34. The van der Waals surface area contributed by atoms with Crippen molar-refractivity contribution in [1.82, 2.24) is 4.98 Å². The Balaban J connectivity index is 1.90. The fourth-order valence-corrected chi connectivity index (χ4v) is 2.21. The molecule has 0 atom stereocenters. The van der Waals surface area contributed by atoms with Crippen LogP contribution in [0.25, 0.3) is 0 Å². The number of carboxylic acid groups (broad SMARTS) is 1. The summed E-state index contributed by atoms with van der Waals surface area (Å²) in [4.78, 5) is 14.8. The average Bonchev–Trinajstić information content (AvgIpc) is 2.40. The molecule has 0 aliphatic heterocycles. The summed E-state index contributed by atoms with van der Waals surface area (Å²) in [5.41, 5.74) is 2.36. The first-order chi connectivity index (χ1) is 8.77. The van der Waals surface area contributed by atoms with Crippen molar-refractivity contribution in [1.29, 1.82) is 0 Å². The zero-order valence-corrected chi connectivity index (χ0v) is 10.4. The summed E-state index contributed by atoms with van der Waals surface area (Å²) in [5.74, 6) is -0.942. The van der Waals surface area contributed by atoms with Crippen molar-refractivity contribution in [3.63, 3.8) is 0 Å². The van der Waals surface area contributed by atoms with Crippen molar-refractivity contribution in [2.45, 2.75) is 32.1 Å². The number of rotatable bonds is 5. The molecule has 0 saturated heterocycles. The molecule has 0 bridgehead atoms. The first-order valence-corrected chi connectivity index (χ1v) is 6.36. The maximum Gasteiger partial charge on any atom is 0.339 e. The minimum absolute atomic E-state index is 0.232. The second-order valence-electron chi connectivity index (χ2n) is 4.51. The monoisotopic (exact) mass is 246 g/mol. The fraction of sp³-hybridized carbons (Fsp3) is 0.429. The van der Waals surface area contributed by atoms with Gasteiger partial charge in [0.1, 0.15) is 5.56 Å². The predicted molar refractivity (Wildman–Crippen MR) is 70.9 cm³/mol. The van der Waals surface area contributed by atoms with Crippen molar-refractivity contribution in [2.75, 3.05) is 11.9 Å². The lowest BCUT2D eigenvalue weighted by Gasteiger charge is -2.14. The van der Waals surface area contributed by atoms with Gasteiger partial charge in [0.25, 0.3) is 0 Å². The zero-order valence-electron chi connectivity index (χ0n) is 10.4. The molecule has 18 heavy (non-hydrogen) atoms. The maximum absolute atomic E-state index is 11.0. The number of aromatic carboxylic acids is 1. The molecule has 2 N–H and O–H groups in total. The number of pyridine rings is 1. The van der Waals surface area contributed by atoms with Gasteiger partial charge in [-0.05, 0) is 38.2 Å². The average molecular weight is 246 g/mol. The van der Waals surface area contributed by atoms with Gasteiger partial charge in [0.2, 0.25) is 0 Å². The van der Waals surface area contributed by atoms with E-state index in [1.807, 2.05) is 0 Å². The molecule has 4 heteroatoms. The lowest BCUT2D eigenvalue weighted by atomic mass is 9.97. The van der Waals surface area contributed by atoms with Crippen LogP contribution < -0.4 is 5.32 Å². The number of nitrogens with one attached hydrogen (secondary N) is 1. The molecule has 1 aliphatic rings. The highest BCUT2D eigenvalue weighted by Gasteiger charge is 2.09. The number of hydrogen-bond donors (Lipinski definition) is 2. The number of carboxylic acids is 1. The standard InChI is InChI=1S/C14H18N2O2/c17-14(18)12-10-15-8-7-13(12)16-9-6-11-4-2-1-3-5-11/h4,7-8,10H,1-3,5-6,9H2,(H,15,16)(H,17,18). The van der Waals surface area contributed by atoms with Gasteiger partial charge in [0.05, 0.1) is 5.69 Å². The third kappa shape index (κ3) is 3.32. The largest absolute Gasteiger partial charge is 0.478 e. The molecule has 0 amide bonds. The number of hydrogen-bond acceptors (Lipinski definition) is 3. The Morgan fingerprint density at radius 1 is 1.44 bits per heavy atom. The molecule has 0 radical (unpaired) electrons. The first-order valence-electron chi connectivity index (χ1n) is 6.36. The minimum atomic E-state index is -0.942. The van der Waals surface area contributed by atoms with Gasteiger partial charge in [0.15, 0.2) is 0 Å². The van der Waals surface area contributed by atoms with Gasteiger partial charge >= 0.3 is 5.97 Å². The highest BCUT2D eigenvalue weighted by Crippen LogP contribution is 2.20. The van der Waals surface area contributed by atoms with E-state index in [1.165, 1.54) is 37.5 Å². The number of aromatic nitrogens is 1. The molecule has 2 rings (SSSR count). The second kappa shape index (κ2) is 6.19. The van der Waals surface area contributed by atoms with E-state index in [1.54, 1.807) is 12.3 Å². The molecule has 1 aromatic heterocycles. The van der Waals surface area contributed by atoms with Crippen LogP contribution in [0, 0.1) is 0 Å². The summed E-state index contributed by atoms with van der Waals surface area (Å²) in [6.07, 6.45) is 11.2. The highest BCUT2D eigenvalue weighted by atomic mass is 16.4. The summed E-state index contributed by atoms with van der Waals surface area (Å²) in [6, 6.07) is 1.71. The number of carbonyl (C=O) groups is 1. The van der Waals surface area contributed by atoms with Crippen LogP contribution in [0.4, 0.5) is 5.69 Å². The highest BCUT2D eigenvalue weighted by molar-refractivity contribution is 5.93. The minimum Gasteiger partial charge on any atom is -0.478 e. The molecule has 0 fully saturated rings. The van der Waals surface area contributed by atoms with Gasteiger partial charge in [-0.25, -0.2) is 4.79 Å². The van der Waals surface area contributed by atoms with Crippen molar-refractivity contribution in [2.24, 2.45) is 0 Å². The van der Waals surface area contributed by atoms with Gasteiger partial charge in [-0.1, -0.05) is 11.6 Å². The molecule has 1 aromatic rings. The van der Waals surface area contributed by atoms with Crippen molar-refractivity contribution in [3.8, 4) is 0 Å². The van der Waals surface area contributed by atoms with Crippen LogP contribution >= 0.6 is 0 Å². The summed E-state index contributed by atoms with van der Waals surface area (Å²) in [6.45, 7) is 0.774. The quantitative estimate of drug-likeness (QED) is 0.784. The van der Waals surface area contributed by atoms with E-state index in [4.69, 9.17) is 5.11 Å². The number of nitrogens with zero attached hydrogens (tertiary/aromatic N) is 1.